The second kappa shape index (κ2) is 10.3. The van der Waals surface area contributed by atoms with Gasteiger partial charge in [-0.3, -0.25) is 4.79 Å². The number of carbonyl (C=O) groups excluding carboxylic acids is 1. The largest absolute Gasteiger partial charge is 0.507 e. The molecule has 0 bridgehead atoms. The maximum absolute atomic E-state index is 13.2. The Kier molecular flexibility index (Phi) is 8.32. The zero-order valence-electron chi connectivity index (χ0n) is 18.2. The van der Waals surface area contributed by atoms with Crippen molar-refractivity contribution >= 4 is 16.0 Å². The molecular weight excluding hydrogens is 406 g/mol. The number of phenolic OH excluding ortho intramolecular Hbond substituents is 2. The highest BCUT2D eigenvalue weighted by Gasteiger charge is 2.32. The van der Waals surface area contributed by atoms with Crippen molar-refractivity contribution in [2.24, 2.45) is 0 Å². The maximum Gasteiger partial charge on any atom is 0.323 e. The Bertz CT molecular complexity index is 907. The van der Waals surface area contributed by atoms with Gasteiger partial charge in [0.25, 0.3) is 0 Å². The number of ether oxygens (including phenoxy) is 1. The second-order valence-electron chi connectivity index (χ2n) is 7.98. The molecule has 1 aromatic rings. The van der Waals surface area contributed by atoms with Crippen molar-refractivity contribution in [2.75, 3.05) is 7.11 Å². The Labute approximate surface area is 179 Å². The van der Waals surface area contributed by atoms with Crippen LogP contribution in [0.2, 0.25) is 0 Å². The third kappa shape index (κ3) is 5.55. The van der Waals surface area contributed by atoms with Crippen LogP contribution in [0.3, 0.4) is 0 Å². The fraction of sp³-hybridized carbons (Fsp3) is 0.591. The van der Waals surface area contributed by atoms with Gasteiger partial charge in [-0.25, -0.2) is 8.42 Å². The third-order valence-electron chi connectivity index (χ3n) is 5.50. The van der Waals surface area contributed by atoms with Crippen molar-refractivity contribution < 1.29 is 28.2 Å². The van der Waals surface area contributed by atoms with E-state index in [1.807, 2.05) is 19.9 Å². The summed E-state index contributed by atoms with van der Waals surface area (Å²) in [5.41, 5.74) is 1.70. The molecule has 0 saturated heterocycles. The van der Waals surface area contributed by atoms with Gasteiger partial charge in [-0.2, -0.15) is 4.72 Å². The van der Waals surface area contributed by atoms with E-state index < -0.39 is 27.8 Å². The van der Waals surface area contributed by atoms with Gasteiger partial charge in [-0.05, 0) is 57.6 Å². The lowest BCUT2D eigenvalue weighted by atomic mass is 9.84. The molecule has 0 heterocycles. The first-order valence-electron chi connectivity index (χ1n) is 10.5. The molecule has 0 spiro atoms. The Morgan fingerprint density at radius 1 is 1.33 bits per heavy atom. The predicted octanol–water partition coefficient (Wildman–Crippen LogP) is 3.88. The zero-order chi connectivity index (χ0) is 22.5. The first kappa shape index (κ1) is 24.2. The van der Waals surface area contributed by atoms with Crippen molar-refractivity contribution in [1.29, 1.82) is 0 Å². The number of aryl methyl sites for hydroxylation is 1. The zero-order valence-corrected chi connectivity index (χ0v) is 19.0. The second-order valence-corrected chi connectivity index (χ2v) is 9.63. The lowest BCUT2D eigenvalue weighted by molar-refractivity contribution is -0.142. The summed E-state index contributed by atoms with van der Waals surface area (Å²) >= 11 is 0. The summed E-state index contributed by atoms with van der Waals surface area (Å²) in [6, 6.07) is 0.330. The minimum absolute atomic E-state index is 0.102. The molecule has 30 heavy (non-hydrogen) atoms. The monoisotopic (exact) mass is 439 g/mol. The number of unbranched alkanes of at least 4 members (excludes halogenated alkanes) is 2. The topological polar surface area (TPSA) is 113 Å². The molecule has 0 aliphatic heterocycles. The number of benzene rings is 1. The number of methoxy groups -OCH3 is 1. The van der Waals surface area contributed by atoms with Crippen LogP contribution in [0.25, 0.3) is 0 Å². The number of aromatic hydroxyl groups is 2. The lowest BCUT2D eigenvalue weighted by Crippen LogP contribution is -2.39. The molecule has 0 radical (unpaired) electrons. The van der Waals surface area contributed by atoms with E-state index in [-0.39, 0.29) is 22.1 Å². The summed E-state index contributed by atoms with van der Waals surface area (Å²) in [4.78, 5) is 11.5. The van der Waals surface area contributed by atoms with Crippen molar-refractivity contribution in [3.8, 4) is 11.5 Å². The van der Waals surface area contributed by atoms with E-state index in [4.69, 9.17) is 0 Å². The fourth-order valence-corrected chi connectivity index (χ4v) is 5.53. The van der Waals surface area contributed by atoms with Crippen LogP contribution in [0.4, 0.5) is 0 Å². The highest BCUT2D eigenvalue weighted by Crippen LogP contribution is 2.45. The van der Waals surface area contributed by atoms with E-state index in [1.54, 1.807) is 0 Å². The van der Waals surface area contributed by atoms with Crippen LogP contribution in [0, 0.1) is 0 Å². The predicted molar refractivity (Wildman–Crippen MR) is 115 cm³/mol. The number of esters is 1. The number of allylic oxidation sites excluding steroid dienone is 2. The molecule has 1 aliphatic carbocycles. The summed E-state index contributed by atoms with van der Waals surface area (Å²) in [6.45, 7) is 5.40. The lowest BCUT2D eigenvalue weighted by Gasteiger charge is -2.24. The first-order chi connectivity index (χ1) is 14.1. The van der Waals surface area contributed by atoms with Crippen LogP contribution in [-0.2, 0) is 26.0 Å². The van der Waals surface area contributed by atoms with Gasteiger partial charge in [-0.15, -0.1) is 0 Å². The van der Waals surface area contributed by atoms with Gasteiger partial charge in [0, 0.05) is 11.5 Å². The number of hydrogen-bond donors (Lipinski definition) is 3. The average molecular weight is 440 g/mol. The highest BCUT2D eigenvalue weighted by molar-refractivity contribution is 7.89. The minimum Gasteiger partial charge on any atom is -0.507 e. The van der Waals surface area contributed by atoms with Gasteiger partial charge < -0.3 is 14.9 Å². The molecule has 2 unspecified atom stereocenters. The Morgan fingerprint density at radius 3 is 2.63 bits per heavy atom. The van der Waals surface area contributed by atoms with Crippen molar-refractivity contribution in [2.45, 2.75) is 82.6 Å². The molecule has 3 N–H and O–H groups in total. The van der Waals surface area contributed by atoms with Crippen LogP contribution >= 0.6 is 0 Å². The van der Waals surface area contributed by atoms with E-state index >= 15 is 0 Å². The van der Waals surface area contributed by atoms with Gasteiger partial charge in [-0.1, -0.05) is 31.4 Å². The summed E-state index contributed by atoms with van der Waals surface area (Å²) in [5, 5.41) is 21.8. The smallest absolute Gasteiger partial charge is 0.323 e. The molecule has 0 saturated carbocycles. The quantitative estimate of drug-likeness (QED) is 0.306. The molecule has 2 rings (SSSR count). The molecule has 1 aliphatic rings. The van der Waals surface area contributed by atoms with Crippen LogP contribution in [0.5, 0.6) is 11.5 Å². The SMILES string of the molecule is CCCCCc1cc(O)c(C2C=C(C)CCC2)c(O)c1S(=O)(=O)NC(C)C(=O)OC. The highest BCUT2D eigenvalue weighted by atomic mass is 32.2. The summed E-state index contributed by atoms with van der Waals surface area (Å²) in [6.07, 6.45) is 7.44. The standard InChI is InChI=1S/C22H33NO6S/c1-5-6-7-10-17-13-18(24)19(16-11-8-9-14(2)12-16)20(25)21(17)30(27,28)23-15(3)22(26)29-4/h12-13,15-16,23-25H,5-11H2,1-4H3. The number of carbonyl (C=O) groups is 1. The summed E-state index contributed by atoms with van der Waals surface area (Å²) in [5.74, 6) is -1.54. The molecule has 0 fully saturated rings. The van der Waals surface area contributed by atoms with E-state index in [9.17, 15) is 23.4 Å². The van der Waals surface area contributed by atoms with Crippen molar-refractivity contribution in [3.05, 3.63) is 28.8 Å². The van der Waals surface area contributed by atoms with Crippen LogP contribution in [0.15, 0.2) is 22.6 Å². The molecule has 8 heteroatoms. The van der Waals surface area contributed by atoms with Crippen molar-refractivity contribution in [3.63, 3.8) is 0 Å². The number of nitrogens with one attached hydrogen (secondary N) is 1. The van der Waals surface area contributed by atoms with Crippen LogP contribution < -0.4 is 4.72 Å². The first-order valence-corrected chi connectivity index (χ1v) is 12.0. The van der Waals surface area contributed by atoms with Crippen molar-refractivity contribution in [1.82, 2.24) is 4.72 Å². The van der Waals surface area contributed by atoms with Crippen LogP contribution in [-0.4, -0.2) is 37.8 Å². The number of phenols is 2. The normalized spacial score (nSPS) is 18.0. The van der Waals surface area contributed by atoms with E-state index in [1.165, 1.54) is 20.1 Å². The molecular formula is C22H33NO6S. The van der Waals surface area contributed by atoms with E-state index in [0.717, 1.165) is 31.3 Å². The third-order valence-corrected chi connectivity index (χ3v) is 7.15. The van der Waals surface area contributed by atoms with Gasteiger partial charge in [0.2, 0.25) is 10.0 Å². The Balaban J connectivity index is 2.60. The Hall–Kier alpha value is -2.06. The molecule has 2 atom stereocenters. The fourth-order valence-electron chi connectivity index (χ4n) is 3.98. The van der Waals surface area contributed by atoms with Crippen LogP contribution in [0.1, 0.15) is 76.3 Å². The van der Waals surface area contributed by atoms with Gasteiger partial charge in [0.05, 0.1) is 7.11 Å². The molecule has 7 nitrogen and oxygen atoms in total. The van der Waals surface area contributed by atoms with E-state index in [0.29, 0.717) is 24.8 Å². The summed E-state index contributed by atoms with van der Waals surface area (Å²) < 4.78 is 33.2. The number of sulfonamides is 1. The number of hydrogen-bond acceptors (Lipinski definition) is 6. The number of rotatable bonds is 9. The molecule has 168 valence electrons. The van der Waals surface area contributed by atoms with E-state index in [2.05, 4.69) is 9.46 Å². The molecule has 1 aromatic carbocycles. The van der Waals surface area contributed by atoms with Gasteiger partial charge >= 0.3 is 5.97 Å². The molecule has 0 amide bonds. The van der Waals surface area contributed by atoms with Gasteiger partial charge in [0.15, 0.2) is 0 Å². The summed E-state index contributed by atoms with van der Waals surface area (Å²) in [7, 11) is -3.06. The maximum atomic E-state index is 13.2. The molecule has 0 aromatic heterocycles. The average Bonchev–Trinajstić information content (AvgIpc) is 2.66. The minimum atomic E-state index is -4.24. The Morgan fingerprint density at radius 2 is 2.03 bits per heavy atom. The van der Waals surface area contributed by atoms with Gasteiger partial charge in [0.1, 0.15) is 22.4 Å².